The fourth-order valence-electron chi connectivity index (χ4n) is 2.27. The van der Waals surface area contributed by atoms with Gasteiger partial charge in [0.05, 0.1) is 5.92 Å². The first kappa shape index (κ1) is 15.0. The number of nitrogens with zero attached hydrogens (tertiary/aromatic N) is 1. The van der Waals surface area contributed by atoms with Crippen molar-refractivity contribution in [3.63, 3.8) is 0 Å². The molecule has 0 radical (unpaired) electrons. The van der Waals surface area contributed by atoms with Crippen molar-refractivity contribution < 1.29 is 19.4 Å². The Bertz CT molecular complexity index is 297. The van der Waals surface area contributed by atoms with Gasteiger partial charge in [-0.25, -0.2) is 0 Å². The van der Waals surface area contributed by atoms with Crippen molar-refractivity contribution in [2.24, 2.45) is 17.8 Å². The van der Waals surface area contributed by atoms with Crippen LogP contribution in [0, 0.1) is 17.8 Å². The highest BCUT2D eigenvalue weighted by Crippen LogP contribution is 2.21. The summed E-state index contributed by atoms with van der Waals surface area (Å²) in [6, 6.07) is 0. The average molecular weight is 257 g/mol. The molecule has 0 saturated carbocycles. The summed E-state index contributed by atoms with van der Waals surface area (Å²) in [5.41, 5.74) is 0. The molecule has 0 aliphatic carbocycles. The van der Waals surface area contributed by atoms with E-state index in [0.29, 0.717) is 19.0 Å². The summed E-state index contributed by atoms with van der Waals surface area (Å²) in [7, 11) is 1.69. The van der Waals surface area contributed by atoms with Crippen molar-refractivity contribution in [1.29, 1.82) is 0 Å². The maximum Gasteiger partial charge on any atom is 0.307 e. The lowest BCUT2D eigenvalue weighted by molar-refractivity contribution is -0.149. The minimum Gasteiger partial charge on any atom is -0.481 e. The molecule has 0 spiro atoms. The van der Waals surface area contributed by atoms with Crippen LogP contribution in [0.15, 0.2) is 0 Å². The van der Waals surface area contributed by atoms with Crippen LogP contribution >= 0.6 is 0 Å². The number of rotatable bonds is 5. The topological polar surface area (TPSA) is 66.8 Å². The fraction of sp³-hybridized carbons (Fsp3) is 0.846. The number of likely N-dealkylation sites (tertiary alicyclic amines) is 1. The lowest BCUT2D eigenvalue weighted by Gasteiger charge is -2.34. The van der Waals surface area contributed by atoms with Crippen LogP contribution in [0.5, 0.6) is 0 Å². The smallest absolute Gasteiger partial charge is 0.307 e. The van der Waals surface area contributed by atoms with E-state index in [-0.39, 0.29) is 5.91 Å². The molecule has 1 rings (SSSR count). The lowest BCUT2D eigenvalue weighted by Crippen LogP contribution is -2.44. The standard InChI is InChI=1S/C13H23NO4/c1-9(10(2)13(16)17)12(15)14-6-4-11(5-7-14)8-18-3/h9-11H,4-8H2,1-3H3,(H,16,17). The second kappa shape index (κ2) is 6.73. The first-order chi connectivity index (χ1) is 8.47. The van der Waals surface area contributed by atoms with Crippen molar-refractivity contribution in [2.75, 3.05) is 26.8 Å². The number of hydrogen-bond acceptors (Lipinski definition) is 3. The Hall–Kier alpha value is -1.10. The number of methoxy groups -OCH3 is 1. The Labute approximate surface area is 108 Å². The summed E-state index contributed by atoms with van der Waals surface area (Å²) in [6.45, 7) is 5.45. The third-order valence-electron chi connectivity index (χ3n) is 3.86. The molecule has 0 aromatic carbocycles. The SMILES string of the molecule is COCC1CCN(C(=O)C(C)C(C)C(=O)O)CC1. The van der Waals surface area contributed by atoms with Crippen molar-refractivity contribution in [1.82, 2.24) is 4.90 Å². The molecule has 1 N–H and O–H groups in total. The Balaban J connectivity index is 2.47. The van der Waals surface area contributed by atoms with E-state index in [1.165, 1.54) is 0 Å². The van der Waals surface area contributed by atoms with Gasteiger partial charge in [0.1, 0.15) is 0 Å². The minimum atomic E-state index is -0.912. The summed E-state index contributed by atoms with van der Waals surface area (Å²) in [5.74, 6) is -1.52. The number of carbonyl (C=O) groups is 2. The van der Waals surface area contributed by atoms with E-state index < -0.39 is 17.8 Å². The van der Waals surface area contributed by atoms with E-state index in [4.69, 9.17) is 9.84 Å². The number of carboxylic acids is 1. The second-order valence-electron chi connectivity index (χ2n) is 5.14. The van der Waals surface area contributed by atoms with Crippen LogP contribution in [0.3, 0.4) is 0 Å². The van der Waals surface area contributed by atoms with Crippen molar-refractivity contribution >= 4 is 11.9 Å². The van der Waals surface area contributed by atoms with Gasteiger partial charge in [0.2, 0.25) is 5.91 Å². The summed E-state index contributed by atoms with van der Waals surface area (Å²) >= 11 is 0. The fourth-order valence-corrected chi connectivity index (χ4v) is 2.27. The Morgan fingerprint density at radius 3 is 2.28 bits per heavy atom. The summed E-state index contributed by atoms with van der Waals surface area (Å²) in [5, 5.41) is 8.92. The molecule has 5 nitrogen and oxygen atoms in total. The van der Waals surface area contributed by atoms with Crippen LogP contribution in [0.4, 0.5) is 0 Å². The molecule has 1 fully saturated rings. The zero-order valence-electron chi connectivity index (χ0n) is 11.4. The molecule has 2 unspecified atom stereocenters. The van der Waals surface area contributed by atoms with Gasteiger partial charge in [-0.1, -0.05) is 13.8 Å². The van der Waals surface area contributed by atoms with Crippen molar-refractivity contribution in [3.05, 3.63) is 0 Å². The van der Waals surface area contributed by atoms with Crippen LogP contribution in [0.25, 0.3) is 0 Å². The minimum absolute atomic E-state index is 0.0410. The van der Waals surface area contributed by atoms with Crippen molar-refractivity contribution in [3.8, 4) is 0 Å². The maximum atomic E-state index is 12.1. The molecular formula is C13H23NO4. The van der Waals surface area contributed by atoms with Gasteiger partial charge in [0.15, 0.2) is 0 Å². The molecule has 2 atom stereocenters. The summed E-state index contributed by atoms with van der Waals surface area (Å²) < 4.78 is 5.11. The highest BCUT2D eigenvalue weighted by molar-refractivity contribution is 5.84. The van der Waals surface area contributed by atoms with Crippen LogP contribution in [0.2, 0.25) is 0 Å². The Morgan fingerprint density at radius 2 is 1.83 bits per heavy atom. The first-order valence-corrected chi connectivity index (χ1v) is 6.47. The van der Waals surface area contributed by atoms with Crippen LogP contribution in [-0.4, -0.2) is 48.7 Å². The number of hydrogen-bond donors (Lipinski definition) is 1. The predicted molar refractivity (Wildman–Crippen MR) is 67.1 cm³/mol. The van der Waals surface area contributed by atoms with Gasteiger partial charge in [-0.05, 0) is 18.8 Å². The van der Waals surface area contributed by atoms with Gasteiger partial charge >= 0.3 is 5.97 Å². The van der Waals surface area contributed by atoms with Gasteiger partial charge < -0.3 is 14.7 Å². The average Bonchev–Trinajstić information content (AvgIpc) is 2.37. The van der Waals surface area contributed by atoms with E-state index >= 15 is 0 Å². The van der Waals surface area contributed by atoms with E-state index in [2.05, 4.69) is 0 Å². The molecule has 1 heterocycles. The Morgan fingerprint density at radius 1 is 1.28 bits per heavy atom. The van der Waals surface area contributed by atoms with E-state index in [1.54, 1.807) is 25.9 Å². The molecule has 0 aromatic heterocycles. The van der Waals surface area contributed by atoms with Gasteiger partial charge in [-0.2, -0.15) is 0 Å². The van der Waals surface area contributed by atoms with Gasteiger partial charge in [0, 0.05) is 32.7 Å². The maximum absolute atomic E-state index is 12.1. The molecular weight excluding hydrogens is 234 g/mol. The van der Waals surface area contributed by atoms with E-state index in [1.807, 2.05) is 0 Å². The number of carbonyl (C=O) groups excluding carboxylic acids is 1. The number of aliphatic carboxylic acids is 1. The monoisotopic (exact) mass is 257 g/mol. The molecule has 0 aromatic rings. The zero-order chi connectivity index (χ0) is 13.7. The first-order valence-electron chi connectivity index (χ1n) is 6.47. The number of ether oxygens (including phenoxy) is 1. The number of piperidine rings is 1. The normalized spacial score (nSPS) is 20.5. The summed E-state index contributed by atoms with van der Waals surface area (Å²) in [6.07, 6.45) is 1.88. The van der Waals surface area contributed by atoms with Crippen LogP contribution in [0.1, 0.15) is 26.7 Å². The van der Waals surface area contributed by atoms with E-state index in [0.717, 1.165) is 19.4 Å². The van der Waals surface area contributed by atoms with Crippen LogP contribution < -0.4 is 0 Å². The zero-order valence-corrected chi connectivity index (χ0v) is 11.4. The van der Waals surface area contributed by atoms with Crippen molar-refractivity contribution in [2.45, 2.75) is 26.7 Å². The number of carboxylic acid groups (broad SMARTS) is 1. The highest BCUT2D eigenvalue weighted by Gasteiger charge is 2.31. The molecule has 18 heavy (non-hydrogen) atoms. The largest absolute Gasteiger partial charge is 0.481 e. The lowest BCUT2D eigenvalue weighted by atomic mass is 9.92. The number of amides is 1. The molecule has 1 amide bonds. The molecule has 1 saturated heterocycles. The Kier molecular flexibility index (Phi) is 5.59. The van der Waals surface area contributed by atoms with E-state index in [9.17, 15) is 9.59 Å². The summed E-state index contributed by atoms with van der Waals surface area (Å²) in [4.78, 5) is 24.8. The quantitative estimate of drug-likeness (QED) is 0.804. The third kappa shape index (κ3) is 3.70. The molecule has 1 aliphatic heterocycles. The van der Waals surface area contributed by atoms with Gasteiger partial charge in [-0.15, -0.1) is 0 Å². The third-order valence-corrected chi connectivity index (χ3v) is 3.86. The highest BCUT2D eigenvalue weighted by atomic mass is 16.5. The van der Waals surface area contributed by atoms with Gasteiger partial charge in [-0.3, -0.25) is 9.59 Å². The van der Waals surface area contributed by atoms with Gasteiger partial charge in [0.25, 0.3) is 0 Å². The molecule has 104 valence electrons. The molecule has 0 bridgehead atoms. The second-order valence-corrected chi connectivity index (χ2v) is 5.14. The molecule has 5 heteroatoms. The molecule has 1 aliphatic rings. The van der Waals surface area contributed by atoms with Crippen LogP contribution in [-0.2, 0) is 14.3 Å². The predicted octanol–water partition coefficient (Wildman–Crippen LogP) is 1.23.